The summed E-state index contributed by atoms with van der Waals surface area (Å²) in [7, 11) is 1.47. The van der Waals surface area contributed by atoms with Crippen LogP contribution in [-0.2, 0) is 14.3 Å². The molecular weight excluding hydrogens is 180 g/mol. The molecule has 0 aliphatic carbocycles. The number of hydrogen-bond donors (Lipinski definition) is 0. The standard InChI is InChI=1S/C11H20O3/c1-4-9(2)11(10(12)13-3)5-7-14-8-6-11/h9H,4-8H2,1-3H3. The van der Waals surface area contributed by atoms with Crippen molar-refractivity contribution in [3.8, 4) is 0 Å². The van der Waals surface area contributed by atoms with Crippen LogP contribution < -0.4 is 0 Å². The minimum absolute atomic E-state index is 0.0600. The normalized spacial score (nSPS) is 22.8. The minimum atomic E-state index is -0.290. The van der Waals surface area contributed by atoms with E-state index in [4.69, 9.17) is 9.47 Å². The molecule has 0 radical (unpaired) electrons. The smallest absolute Gasteiger partial charge is 0.312 e. The number of carbonyl (C=O) groups is 1. The van der Waals surface area contributed by atoms with Gasteiger partial charge in [-0.05, 0) is 18.8 Å². The van der Waals surface area contributed by atoms with Crippen molar-refractivity contribution < 1.29 is 14.3 Å². The second-order valence-electron chi connectivity index (χ2n) is 4.07. The lowest BCUT2D eigenvalue weighted by atomic mass is 9.69. The number of esters is 1. The monoisotopic (exact) mass is 200 g/mol. The first-order valence-corrected chi connectivity index (χ1v) is 5.33. The Hall–Kier alpha value is -0.570. The third-order valence-corrected chi connectivity index (χ3v) is 3.53. The van der Waals surface area contributed by atoms with Crippen molar-refractivity contribution in [3.63, 3.8) is 0 Å². The highest BCUT2D eigenvalue weighted by Gasteiger charge is 2.44. The van der Waals surface area contributed by atoms with Gasteiger partial charge in [-0.2, -0.15) is 0 Å². The van der Waals surface area contributed by atoms with Gasteiger partial charge in [0, 0.05) is 13.2 Å². The summed E-state index contributed by atoms with van der Waals surface area (Å²) in [6, 6.07) is 0. The molecule has 1 saturated heterocycles. The third kappa shape index (κ3) is 1.92. The van der Waals surface area contributed by atoms with Crippen molar-refractivity contribution in [1.29, 1.82) is 0 Å². The largest absolute Gasteiger partial charge is 0.469 e. The number of rotatable bonds is 3. The molecule has 1 rings (SSSR count). The van der Waals surface area contributed by atoms with E-state index in [1.165, 1.54) is 7.11 Å². The van der Waals surface area contributed by atoms with Crippen molar-refractivity contribution in [3.05, 3.63) is 0 Å². The third-order valence-electron chi connectivity index (χ3n) is 3.53. The fourth-order valence-electron chi connectivity index (χ4n) is 2.23. The van der Waals surface area contributed by atoms with Gasteiger partial charge in [-0.3, -0.25) is 4.79 Å². The van der Waals surface area contributed by atoms with Crippen LogP contribution in [0.4, 0.5) is 0 Å². The predicted molar refractivity (Wildman–Crippen MR) is 54.0 cm³/mol. The quantitative estimate of drug-likeness (QED) is 0.654. The van der Waals surface area contributed by atoms with Crippen LogP contribution in [0.2, 0.25) is 0 Å². The highest BCUT2D eigenvalue weighted by molar-refractivity contribution is 5.77. The van der Waals surface area contributed by atoms with Gasteiger partial charge in [0.25, 0.3) is 0 Å². The summed E-state index contributed by atoms with van der Waals surface area (Å²) in [5.74, 6) is 0.314. The van der Waals surface area contributed by atoms with Crippen LogP contribution in [0, 0.1) is 11.3 Å². The summed E-state index contributed by atoms with van der Waals surface area (Å²) in [6.07, 6.45) is 2.61. The summed E-state index contributed by atoms with van der Waals surface area (Å²) in [6.45, 7) is 5.60. The lowest BCUT2D eigenvalue weighted by molar-refractivity contribution is -0.163. The van der Waals surface area contributed by atoms with Crippen molar-refractivity contribution in [2.24, 2.45) is 11.3 Å². The summed E-state index contributed by atoms with van der Waals surface area (Å²) in [4.78, 5) is 11.8. The SMILES string of the molecule is CCC(C)C1(C(=O)OC)CCOCC1. The Kier molecular flexibility index (Phi) is 3.93. The van der Waals surface area contributed by atoms with Gasteiger partial charge < -0.3 is 9.47 Å². The van der Waals surface area contributed by atoms with Crippen LogP contribution in [0.15, 0.2) is 0 Å². The molecule has 0 aromatic heterocycles. The maximum atomic E-state index is 11.8. The van der Waals surface area contributed by atoms with Crippen LogP contribution in [-0.4, -0.2) is 26.3 Å². The molecule has 82 valence electrons. The summed E-state index contributed by atoms with van der Waals surface area (Å²) >= 11 is 0. The molecule has 1 fully saturated rings. The number of methoxy groups -OCH3 is 1. The fraction of sp³-hybridized carbons (Fsp3) is 0.909. The molecule has 3 heteroatoms. The first-order chi connectivity index (χ1) is 6.67. The molecule has 3 nitrogen and oxygen atoms in total. The maximum Gasteiger partial charge on any atom is 0.312 e. The molecule has 1 atom stereocenters. The molecule has 1 aliphatic heterocycles. The van der Waals surface area contributed by atoms with Crippen molar-refractivity contribution in [2.75, 3.05) is 20.3 Å². The van der Waals surface area contributed by atoms with Gasteiger partial charge in [0.1, 0.15) is 0 Å². The molecule has 0 amide bonds. The second-order valence-corrected chi connectivity index (χ2v) is 4.07. The summed E-state index contributed by atoms with van der Waals surface area (Å²) in [5, 5.41) is 0. The van der Waals surface area contributed by atoms with E-state index >= 15 is 0 Å². The molecule has 1 heterocycles. The number of ether oxygens (including phenoxy) is 2. The van der Waals surface area contributed by atoms with Gasteiger partial charge in [0.15, 0.2) is 0 Å². The molecule has 1 unspecified atom stereocenters. The van der Waals surface area contributed by atoms with Gasteiger partial charge in [0.2, 0.25) is 0 Å². The molecule has 0 spiro atoms. The number of carbonyl (C=O) groups excluding carboxylic acids is 1. The Labute approximate surface area is 85.8 Å². The highest BCUT2D eigenvalue weighted by atomic mass is 16.5. The van der Waals surface area contributed by atoms with Crippen LogP contribution >= 0.6 is 0 Å². The lowest BCUT2D eigenvalue weighted by Gasteiger charge is -2.38. The Balaban J connectivity index is 2.82. The molecular formula is C11H20O3. The minimum Gasteiger partial charge on any atom is -0.469 e. The fourth-order valence-corrected chi connectivity index (χ4v) is 2.23. The highest BCUT2D eigenvalue weighted by Crippen LogP contribution is 2.40. The molecule has 14 heavy (non-hydrogen) atoms. The van der Waals surface area contributed by atoms with Crippen LogP contribution in [0.25, 0.3) is 0 Å². The molecule has 0 aromatic carbocycles. The zero-order chi connectivity index (χ0) is 10.6. The van der Waals surface area contributed by atoms with Crippen LogP contribution in [0.5, 0.6) is 0 Å². The maximum absolute atomic E-state index is 11.8. The van der Waals surface area contributed by atoms with E-state index in [1.54, 1.807) is 0 Å². The van der Waals surface area contributed by atoms with Gasteiger partial charge >= 0.3 is 5.97 Å². The first kappa shape index (κ1) is 11.5. The average molecular weight is 200 g/mol. The van der Waals surface area contributed by atoms with E-state index in [9.17, 15) is 4.79 Å². The van der Waals surface area contributed by atoms with Crippen molar-refractivity contribution in [1.82, 2.24) is 0 Å². The summed E-state index contributed by atoms with van der Waals surface area (Å²) < 4.78 is 10.2. The molecule has 0 N–H and O–H groups in total. The molecule has 0 saturated carbocycles. The lowest BCUT2D eigenvalue weighted by Crippen LogP contribution is -2.43. The van der Waals surface area contributed by atoms with Crippen molar-refractivity contribution >= 4 is 5.97 Å². The zero-order valence-electron chi connectivity index (χ0n) is 9.34. The Morgan fingerprint density at radius 1 is 1.50 bits per heavy atom. The Morgan fingerprint density at radius 2 is 2.07 bits per heavy atom. The van der Waals surface area contributed by atoms with E-state index < -0.39 is 0 Å². The summed E-state index contributed by atoms with van der Waals surface area (Å²) in [5.41, 5.74) is -0.290. The van der Waals surface area contributed by atoms with Gasteiger partial charge in [-0.15, -0.1) is 0 Å². The average Bonchev–Trinajstić information content (AvgIpc) is 2.27. The van der Waals surface area contributed by atoms with Gasteiger partial charge in [0.05, 0.1) is 12.5 Å². The Bertz CT molecular complexity index is 195. The molecule has 0 bridgehead atoms. The topological polar surface area (TPSA) is 35.5 Å². The Morgan fingerprint density at radius 3 is 2.50 bits per heavy atom. The zero-order valence-corrected chi connectivity index (χ0v) is 9.34. The first-order valence-electron chi connectivity index (χ1n) is 5.33. The van der Waals surface area contributed by atoms with E-state index in [1.807, 2.05) is 0 Å². The second kappa shape index (κ2) is 4.78. The van der Waals surface area contributed by atoms with E-state index in [0.29, 0.717) is 19.1 Å². The van der Waals surface area contributed by atoms with E-state index in [2.05, 4.69) is 13.8 Å². The van der Waals surface area contributed by atoms with E-state index in [0.717, 1.165) is 19.3 Å². The number of hydrogen-bond acceptors (Lipinski definition) is 3. The molecule has 0 aromatic rings. The predicted octanol–water partition coefficient (Wildman–Crippen LogP) is 2.00. The van der Waals surface area contributed by atoms with Crippen LogP contribution in [0.1, 0.15) is 33.1 Å². The molecule has 1 aliphatic rings. The van der Waals surface area contributed by atoms with Crippen molar-refractivity contribution in [2.45, 2.75) is 33.1 Å². The van der Waals surface area contributed by atoms with Gasteiger partial charge in [-0.1, -0.05) is 20.3 Å². The van der Waals surface area contributed by atoms with E-state index in [-0.39, 0.29) is 11.4 Å². The van der Waals surface area contributed by atoms with Crippen LogP contribution in [0.3, 0.4) is 0 Å². The van der Waals surface area contributed by atoms with Gasteiger partial charge in [-0.25, -0.2) is 0 Å².